The lowest BCUT2D eigenvalue weighted by Gasteiger charge is -2.14. The number of hydrogen-bond acceptors (Lipinski definition) is 2. The number of allylic oxidation sites excluding steroid dienone is 2. The summed E-state index contributed by atoms with van der Waals surface area (Å²) in [5.74, 6) is 1.16. The molecule has 0 atom stereocenters. The number of fused-ring (bicyclic) bond motifs is 1. The van der Waals surface area contributed by atoms with Gasteiger partial charge in [-0.1, -0.05) is 61.4 Å². The molecule has 0 N–H and O–H groups in total. The zero-order valence-electron chi connectivity index (χ0n) is 15.1. The maximum absolute atomic E-state index is 5.00. The van der Waals surface area contributed by atoms with Crippen LogP contribution in [0.15, 0.2) is 64.1 Å². The maximum atomic E-state index is 5.00. The highest BCUT2D eigenvalue weighted by Crippen LogP contribution is 2.35. The molecule has 0 aliphatic carbocycles. The minimum atomic E-state index is 0.273. The fourth-order valence-corrected chi connectivity index (χ4v) is 2.96. The summed E-state index contributed by atoms with van der Waals surface area (Å²) in [4.78, 5) is 9.88. The van der Waals surface area contributed by atoms with Crippen molar-refractivity contribution in [3.05, 3.63) is 70.8 Å². The predicted molar refractivity (Wildman–Crippen MR) is 104 cm³/mol. The highest BCUT2D eigenvalue weighted by atomic mass is 14.9. The van der Waals surface area contributed by atoms with Crippen LogP contribution < -0.4 is 0 Å². The number of hydrogen-bond donors (Lipinski definition) is 0. The second-order valence-corrected chi connectivity index (χ2v) is 6.85. The fourth-order valence-electron chi connectivity index (χ4n) is 2.96. The monoisotopic (exact) mass is 316 g/mol. The fraction of sp³-hybridized carbons (Fsp3) is 0.273. The first-order chi connectivity index (χ1) is 11.5. The van der Waals surface area contributed by atoms with Crippen LogP contribution in [0.1, 0.15) is 44.4 Å². The normalized spacial score (nSPS) is 14.0. The predicted octanol–water partition coefficient (Wildman–Crippen LogP) is 5.98. The van der Waals surface area contributed by atoms with Gasteiger partial charge in [0.2, 0.25) is 0 Å². The Bertz CT molecular complexity index is 849. The smallest absolute Gasteiger partial charge is 0.132 e. The zero-order chi connectivity index (χ0) is 17.3. The van der Waals surface area contributed by atoms with Gasteiger partial charge in [0.25, 0.3) is 0 Å². The molecule has 1 heterocycles. The molecule has 2 heteroatoms. The molecule has 0 radical (unpaired) electrons. The van der Waals surface area contributed by atoms with Crippen LogP contribution in [0.4, 0.5) is 5.69 Å². The molecule has 1 aliphatic rings. The molecule has 2 aromatic rings. The van der Waals surface area contributed by atoms with Gasteiger partial charge in [0, 0.05) is 22.6 Å². The summed E-state index contributed by atoms with van der Waals surface area (Å²) in [6.45, 7) is 10.7. The summed E-state index contributed by atoms with van der Waals surface area (Å²) < 4.78 is 0. The Kier molecular flexibility index (Phi) is 4.48. The van der Waals surface area contributed by atoms with Gasteiger partial charge in [-0.05, 0) is 32.9 Å². The lowest BCUT2D eigenvalue weighted by Crippen LogP contribution is -2.10. The molecule has 0 aromatic heterocycles. The van der Waals surface area contributed by atoms with E-state index in [9.17, 15) is 0 Å². The van der Waals surface area contributed by atoms with Crippen molar-refractivity contribution < 1.29 is 0 Å². The molecule has 3 rings (SSSR count). The van der Waals surface area contributed by atoms with E-state index in [2.05, 4.69) is 77.1 Å². The largest absolute Gasteiger partial charge is 0.233 e. The molecule has 2 aromatic carbocycles. The first-order valence-electron chi connectivity index (χ1n) is 8.49. The van der Waals surface area contributed by atoms with E-state index in [1.54, 1.807) is 0 Å². The Morgan fingerprint density at radius 1 is 0.917 bits per heavy atom. The molecular formula is C22H24N2. The van der Waals surface area contributed by atoms with Crippen molar-refractivity contribution in [1.29, 1.82) is 0 Å². The summed E-state index contributed by atoms with van der Waals surface area (Å²) in [6.07, 6.45) is 0. The van der Waals surface area contributed by atoms with E-state index in [4.69, 9.17) is 9.98 Å². The quantitative estimate of drug-likeness (QED) is 0.651. The lowest BCUT2D eigenvalue weighted by atomic mass is 9.91. The van der Waals surface area contributed by atoms with Crippen molar-refractivity contribution in [2.45, 2.75) is 34.6 Å². The van der Waals surface area contributed by atoms with Crippen molar-refractivity contribution in [3.8, 4) is 0 Å². The summed E-state index contributed by atoms with van der Waals surface area (Å²) >= 11 is 0. The van der Waals surface area contributed by atoms with Gasteiger partial charge in [0.05, 0.1) is 11.4 Å². The molecule has 0 amide bonds. The minimum absolute atomic E-state index is 0.273. The van der Waals surface area contributed by atoms with E-state index in [1.807, 2.05) is 6.07 Å². The Morgan fingerprint density at radius 3 is 2.25 bits per heavy atom. The number of benzene rings is 2. The van der Waals surface area contributed by atoms with Gasteiger partial charge in [-0.25, -0.2) is 9.98 Å². The second-order valence-electron chi connectivity index (χ2n) is 6.85. The van der Waals surface area contributed by atoms with Crippen LogP contribution in [0.25, 0.3) is 5.57 Å². The van der Waals surface area contributed by atoms with Crippen molar-refractivity contribution in [2.75, 3.05) is 0 Å². The Balaban J connectivity index is 2.35. The number of aliphatic imine (C=N–C) groups is 2. The van der Waals surface area contributed by atoms with Crippen LogP contribution in [0.5, 0.6) is 0 Å². The molecule has 0 saturated heterocycles. The molecule has 0 bridgehead atoms. The first-order valence-corrected chi connectivity index (χ1v) is 8.49. The topological polar surface area (TPSA) is 24.7 Å². The summed E-state index contributed by atoms with van der Waals surface area (Å²) in [5.41, 5.74) is 8.03. The lowest BCUT2D eigenvalue weighted by molar-refractivity contribution is 0.874. The molecular weight excluding hydrogens is 292 g/mol. The van der Waals surface area contributed by atoms with Gasteiger partial charge in [0.1, 0.15) is 5.84 Å². The summed E-state index contributed by atoms with van der Waals surface area (Å²) in [7, 11) is 0. The molecule has 0 spiro atoms. The number of aryl methyl sites for hydroxylation is 1. The Morgan fingerprint density at radius 2 is 1.62 bits per heavy atom. The van der Waals surface area contributed by atoms with Crippen LogP contribution in [-0.2, 0) is 0 Å². The third-order valence-corrected chi connectivity index (χ3v) is 4.18. The number of amidine groups is 1. The molecule has 122 valence electrons. The van der Waals surface area contributed by atoms with Crippen LogP contribution in [0.2, 0.25) is 0 Å². The van der Waals surface area contributed by atoms with Crippen molar-refractivity contribution >= 4 is 22.8 Å². The Hall–Kier alpha value is -2.48. The van der Waals surface area contributed by atoms with Crippen LogP contribution >= 0.6 is 0 Å². The first kappa shape index (κ1) is 16.4. The van der Waals surface area contributed by atoms with Crippen LogP contribution in [-0.4, -0.2) is 11.5 Å². The summed E-state index contributed by atoms with van der Waals surface area (Å²) in [5, 5.41) is 0. The highest BCUT2D eigenvalue weighted by molar-refractivity contribution is 6.36. The van der Waals surface area contributed by atoms with Crippen molar-refractivity contribution in [1.82, 2.24) is 0 Å². The SMILES string of the molecule is CC(C)=C1C(c2ccccc2)=NC(C(C)C)=Nc2ccc(C)cc21. The average molecular weight is 316 g/mol. The third kappa shape index (κ3) is 3.09. The van der Waals surface area contributed by atoms with E-state index in [1.165, 1.54) is 22.3 Å². The van der Waals surface area contributed by atoms with Gasteiger partial charge in [-0.2, -0.15) is 0 Å². The van der Waals surface area contributed by atoms with Crippen molar-refractivity contribution in [3.63, 3.8) is 0 Å². The zero-order valence-corrected chi connectivity index (χ0v) is 15.1. The average Bonchev–Trinajstić information content (AvgIpc) is 2.72. The molecule has 1 aliphatic heterocycles. The van der Waals surface area contributed by atoms with E-state index < -0.39 is 0 Å². The van der Waals surface area contributed by atoms with E-state index in [-0.39, 0.29) is 5.92 Å². The van der Waals surface area contributed by atoms with Crippen LogP contribution in [0, 0.1) is 12.8 Å². The van der Waals surface area contributed by atoms with Crippen LogP contribution in [0.3, 0.4) is 0 Å². The van der Waals surface area contributed by atoms with Gasteiger partial charge >= 0.3 is 0 Å². The molecule has 0 unspecified atom stereocenters. The van der Waals surface area contributed by atoms with Gasteiger partial charge < -0.3 is 0 Å². The maximum Gasteiger partial charge on any atom is 0.132 e. The third-order valence-electron chi connectivity index (χ3n) is 4.18. The minimum Gasteiger partial charge on any atom is -0.233 e. The molecule has 0 saturated carbocycles. The Labute approximate surface area is 144 Å². The number of nitrogens with zero attached hydrogens (tertiary/aromatic N) is 2. The van der Waals surface area contributed by atoms with E-state index in [0.29, 0.717) is 0 Å². The van der Waals surface area contributed by atoms with Gasteiger partial charge in [-0.3, -0.25) is 0 Å². The van der Waals surface area contributed by atoms with E-state index in [0.717, 1.165) is 22.8 Å². The molecule has 0 fully saturated rings. The number of rotatable bonds is 2. The standard InChI is InChI=1S/C22H24N2/c1-14(2)20-18-13-16(5)11-12-19(18)23-22(15(3)4)24-21(20)17-9-7-6-8-10-17/h6-13,15H,1-5H3. The highest BCUT2D eigenvalue weighted by Gasteiger charge is 2.22. The van der Waals surface area contributed by atoms with Crippen molar-refractivity contribution in [2.24, 2.45) is 15.9 Å². The van der Waals surface area contributed by atoms with Gasteiger partial charge in [-0.15, -0.1) is 0 Å². The van der Waals surface area contributed by atoms with E-state index >= 15 is 0 Å². The second kappa shape index (κ2) is 6.56. The molecule has 2 nitrogen and oxygen atoms in total. The molecule has 24 heavy (non-hydrogen) atoms. The van der Waals surface area contributed by atoms with Gasteiger partial charge in [0.15, 0.2) is 0 Å². The summed E-state index contributed by atoms with van der Waals surface area (Å²) in [6, 6.07) is 16.9.